The number of hydrogen-bond donors (Lipinski definition) is 2. The molecule has 0 aromatic carbocycles. The Bertz CT molecular complexity index is 437. The van der Waals surface area contributed by atoms with Crippen molar-refractivity contribution < 1.29 is 4.79 Å². The fourth-order valence-corrected chi connectivity index (χ4v) is 2.76. The minimum atomic E-state index is 0.00135. The van der Waals surface area contributed by atoms with E-state index in [0.717, 1.165) is 24.2 Å². The highest BCUT2D eigenvalue weighted by Gasteiger charge is 2.41. The second-order valence-corrected chi connectivity index (χ2v) is 5.73. The van der Waals surface area contributed by atoms with Crippen LogP contribution in [0.1, 0.15) is 36.0 Å². The number of rotatable bonds is 6. The first kappa shape index (κ1) is 12.5. The lowest BCUT2D eigenvalue weighted by Crippen LogP contribution is -2.31. The van der Waals surface area contributed by atoms with Gasteiger partial charge in [-0.25, -0.2) is 4.98 Å². The molecule has 102 valence electrons. The number of pyridine rings is 1. The minimum Gasteiger partial charge on any atom is -0.373 e. The summed E-state index contributed by atoms with van der Waals surface area (Å²) in [5, 5.41) is 6.03. The van der Waals surface area contributed by atoms with Crippen LogP contribution in [0.15, 0.2) is 18.3 Å². The maximum Gasteiger partial charge on any atom is 0.252 e. The predicted octanol–water partition coefficient (Wildman–Crippen LogP) is 2.29. The lowest BCUT2D eigenvalue weighted by atomic mass is 9.98. The summed E-state index contributed by atoms with van der Waals surface area (Å²) in [4.78, 5) is 16.2. The molecular weight excluding hydrogens is 238 g/mol. The summed E-state index contributed by atoms with van der Waals surface area (Å²) in [5.74, 6) is 3.25. The van der Waals surface area contributed by atoms with Gasteiger partial charge in [-0.3, -0.25) is 4.79 Å². The van der Waals surface area contributed by atoms with E-state index in [2.05, 4.69) is 15.6 Å². The van der Waals surface area contributed by atoms with Crippen LogP contribution in [0.2, 0.25) is 0 Å². The van der Waals surface area contributed by atoms with Gasteiger partial charge in [0.05, 0.1) is 5.56 Å². The fraction of sp³-hybridized carbons (Fsp3) is 0.600. The van der Waals surface area contributed by atoms with E-state index >= 15 is 0 Å². The van der Waals surface area contributed by atoms with Crippen LogP contribution in [0.25, 0.3) is 0 Å². The fourth-order valence-electron chi connectivity index (χ4n) is 2.76. The van der Waals surface area contributed by atoms with Crippen molar-refractivity contribution in [1.29, 1.82) is 0 Å². The van der Waals surface area contributed by atoms with Gasteiger partial charge in [0.15, 0.2) is 0 Å². The Hall–Kier alpha value is -1.58. The Labute approximate surface area is 114 Å². The van der Waals surface area contributed by atoms with Gasteiger partial charge in [-0.15, -0.1) is 0 Å². The summed E-state index contributed by atoms with van der Waals surface area (Å²) in [7, 11) is 1.82. The molecule has 0 atom stereocenters. The third-order valence-corrected chi connectivity index (χ3v) is 4.24. The third-order valence-electron chi connectivity index (χ3n) is 4.24. The molecule has 0 aliphatic heterocycles. The molecule has 1 amide bonds. The molecule has 2 aliphatic carbocycles. The molecule has 2 saturated carbocycles. The summed E-state index contributed by atoms with van der Waals surface area (Å²) in [6.45, 7) is 0.835. The molecule has 0 bridgehead atoms. The average Bonchev–Trinajstić information content (AvgIpc) is 3.31. The van der Waals surface area contributed by atoms with Gasteiger partial charge in [0.2, 0.25) is 0 Å². The van der Waals surface area contributed by atoms with Crippen molar-refractivity contribution in [2.45, 2.75) is 25.7 Å². The molecule has 1 aromatic rings. The van der Waals surface area contributed by atoms with Gasteiger partial charge < -0.3 is 10.6 Å². The van der Waals surface area contributed by atoms with Gasteiger partial charge in [0.25, 0.3) is 5.91 Å². The predicted molar refractivity (Wildman–Crippen MR) is 75.1 cm³/mol. The van der Waals surface area contributed by atoms with Gasteiger partial charge in [-0.2, -0.15) is 0 Å². The van der Waals surface area contributed by atoms with Gasteiger partial charge >= 0.3 is 0 Å². The zero-order valence-corrected chi connectivity index (χ0v) is 11.4. The molecule has 19 heavy (non-hydrogen) atoms. The second-order valence-electron chi connectivity index (χ2n) is 5.73. The Morgan fingerprint density at radius 2 is 2.00 bits per heavy atom. The van der Waals surface area contributed by atoms with Gasteiger partial charge in [0.1, 0.15) is 5.82 Å². The largest absolute Gasteiger partial charge is 0.373 e. The number of nitrogens with one attached hydrogen (secondary N) is 2. The number of carbonyl (C=O) groups is 1. The van der Waals surface area contributed by atoms with E-state index in [-0.39, 0.29) is 5.91 Å². The first-order valence-electron chi connectivity index (χ1n) is 7.20. The van der Waals surface area contributed by atoms with Crippen molar-refractivity contribution in [2.75, 3.05) is 18.9 Å². The van der Waals surface area contributed by atoms with E-state index in [9.17, 15) is 4.79 Å². The van der Waals surface area contributed by atoms with E-state index in [1.54, 1.807) is 6.20 Å². The smallest absolute Gasteiger partial charge is 0.252 e. The van der Waals surface area contributed by atoms with Crippen molar-refractivity contribution in [3.8, 4) is 0 Å². The highest BCUT2D eigenvalue weighted by atomic mass is 16.1. The SMILES string of the molecule is CNc1ccc(C(=O)NCC(C2CC2)C2CC2)cn1. The number of nitrogens with zero attached hydrogens (tertiary/aromatic N) is 1. The molecule has 0 unspecified atom stereocenters. The molecule has 2 fully saturated rings. The molecule has 0 radical (unpaired) electrons. The first-order chi connectivity index (χ1) is 9.28. The van der Waals surface area contributed by atoms with Crippen LogP contribution in [0, 0.1) is 17.8 Å². The van der Waals surface area contributed by atoms with Crippen molar-refractivity contribution >= 4 is 11.7 Å². The van der Waals surface area contributed by atoms with E-state index in [4.69, 9.17) is 0 Å². The summed E-state index contributed by atoms with van der Waals surface area (Å²) in [6, 6.07) is 3.64. The Morgan fingerprint density at radius 1 is 1.32 bits per heavy atom. The van der Waals surface area contributed by atoms with Crippen molar-refractivity contribution in [3.05, 3.63) is 23.9 Å². The van der Waals surface area contributed by atoms with Gasteiger partial charge in [-0.05, 0) is 55.6 Å². The molecule has 4 heteroatoms. The number of amides is 1. The van der Waals surface area contributed by atoms with Gasteiger partial charge in [-0.1, -0.05) is 0 Å². The topological polar surface area (TPSA) is 54.0 Å². The molecule has 4 nitrogen and oxygen atoms in total. The Morgan fingerprint density at radius 3 is 2.47 bits per heavy atom. The van der Waals surface area contributed by atoms with E-state index in [1.807, 2.05) is 19.2 Å². The van der Waals surface area contributed by atoms with Crippen molar-refractivity contribution in [1.82, 2.24) is 10.3 Å². The molecule has 1 heterocycles. The molecule has 0 saturated heterocycles. The molecule has 1 aromatic heterocycles. The number of hydrogen-bond acceptors (Lipinski definition) is 3. The standard InChI is InChI=1S/C15H21N3O/c1-16-14-7-6-12(8-17-14)15(19)18-9-13(10-2-3-10)11-4-5-11/h6-8,10-11,13H,2-5,9H2,1H3,(H,16,17)(H,18,19). The van der Waals surface area contributed by atoms with Crippen LogP contribution < -0.4 is 10.6 Å². The maximum atomic E-state index is 12.1. The maximum absolute atomic E-state index is 12.1. The van der Waals surface area contributed by atoms with E-state index in [1.165, 1.54) is 25.7 Å². The third kappa shape index (κ3) is 3.06. The lowest BCUT2D eigenvalue weighted by Gasteiger charge is -2.16. The Balaban J connectivity index is 1.54. The van der Waals surface area contributed by atoms with E-state index < -0.39 is 0 Å². The molecule has 2 N–H and O–H groups in total. The number of carbonyl (C=O) groups excluding carboxylic acids is 1. The van der Waals surface area contributed by atoms with Crippen LogP contribution in [0.3, 0.4) is 0 Å². The van der Waals surface area contributed by atoms with Crippen LogP contribution in [0.5, 0.6) is 0 Å². The highest BCUT2D eigenvalue weighted by molar-refractivity contribution is 5.94. The normalized spacial score (nSPS) is 18.4. The monoisotopic (exact) mass is 259 g/mol. The first-order valence-corrected chi connectivity index (χ1v) is 7.20. The summed E-state index contributed by atoms with van der Waals surface area (Å²) in [6.07, 6.45) is 7.06. The van der Waals surface area contributed by atoms with Crippen LogP contribution in [0.4, 0.5) is 5.82 Å². The van der Waals surface area contributed by atoms with Crippen molar-refractivity contribution in [3.63, 3.8) is 0 Å². The van der Waals surface area contributed by atoms with Crippen LogP contribution in [-0.2, 0) is 0 Å². The highest BCUT2D eigenvalue weighted by Crippen LogP contribution is 2.48. The quantitative estimate of drug-likeness (QED) is 0.824. The second kappa shape index (κ2) is 5.19. The summed E-state index contributed by atoms with van der Waals surface area (Å²) < 4.78 is 0. The number of aromatic nitrogens is 1. The molecule has 3 rings (SSSR count). The number of anilines is 1. The van der Waals surface area contributed by atoms with Crippen LogP contribution in [-0.4, -0.2) is 24.5 Å². The lowest BCUT2D eigenvalue weighted by molar-refractivity contribution is 0.0943. The molecule has 0 spiro atoms. The minimum absolute atomic E-state index is 0.00135. The zero-order chi connectivity index (χ0) is 13.2. The summed E-state index contributed by atoms with van der Waals surface area (Å²) >= 11 is 0. The summed E-state index contributed by atoms with van der Waals surface area (Å²) in [5.41, 5.74) is 0.643. The van der Waals surface area contributed by atoms with Crippen molar-refractivity contribution in [2.24, 2.45) is 17.8 Å². The zero-order valence-electron chi connectivity index (χ0n) is 11.4. The molecule has 2 aliphatic rings. The Kier molecular flexibility index (Phi) is 3.40. The average molecular weight is 259 g/mol. The van der Waals surface area contributed by atoms with Crippen LogP contribution >= 0.6 is 0 Å². The van der Waals surface area contributed by atoms with Gasteiger partial charge in [0, 0.05) is 19.8 Å². The molecular formula is C15H21N3O. The van der Waals surface area contributed by atoms with E-state index in [0.29, 0.717) is 11.5 Å².